The summed E-state index contributed by atoms with van der Waals surface area (Å²) in [6.45, 7) is 1.69. The Morgan fingerprint density at radius 3 is 3.20 bits per heavy atom. The van der Waals surface area contributed by atoms with Crippen LogP contribution in [0.5, 0.6) is 0 Å². The Kier molecular flexibility index (Phi) is 3.79. The number of nitrogens with zero attached hydrogens (tertiary/aromatic N) is 4. The first-order valence-electron chi connectivity index (χ1n) is 6.62. The lowest BCUT2D eigenvalue weighted by atomic mass is 10.1. The zero-order chi connectivity index (χ0) is 13.9. The minimum Gasteiger partial charge on any atom is -0.391 e. The van der Waals surface area contributed by atoms with Crippen molar-refractivity contribution in [2.45, 2.75) is 25.5 Å². The highest BCUT2D eigenvalue weighted by atomic mass is 32.1. The lowest BCUT2D eigenvalue weighted by Gasteiger charge is -2.29. The SMILES string of the molecule is O=C(c1cn(Cc2cccs2)nn1)N1CCCC(O)C1. The molecule has 3 heterocycles. The monoisotopic (exact) mass is 292 g/mol. The first-order chi connectivity index (χ1) is 9.72. The molecule has 6 nitrogen and oxygen atoms in total. The largest absolute Gasteiger partial charge is 0.391 e. The zero-order valence-electron chi connectivity index (χ0n) is 11.0. The Morgan fingerprint density at radius 2 is 2.45 bits per heavy atom. The Balaban J connectivity index is 1.68. The fourth-order valence-corrected chi connectivity index (χ4v) is 3.03. The number of aliphatic hydroxyl groups excluding tert-OH is 1. The van der Waals surface area contributed by atoms with Crippen molar-refractivity contribution in [3.05, 3.63) is 34.3 Å². The molecule has 1 amide bonds. The number of hydrogen-bond acceptors (Lipinski definition) is 5. The Hall–Kier alpha value is -1.73. The second-order valence-corrected chi connectivity index (χ2v) is 5.96. The van der Waals surface area contributed by atoms with E-state index in [1.165, 1.54) is 4.88 Å². The van der Waals surface area contributed by atoms with Gasteiger partial charge in [0.1, 0.15) is 0 Å². The second-order valence-electron chi connectivity index (χ2n) is 4.93. The van der Waals surface area contributed by atoms with Gasteiger partial charge < -0.3 is 10.0 Å². The Morgan fingerprint density at radius 1 is 1.55 bits per heavy atom. The van der Waals surface area contributed by atoms with Gasteiger partial charge in [0.05, 0.1) is 18.8 Å². The van der Waals surface area contributed by atoms with Crippen LogP contribution in [0, 0.1) is 0 Å². The quantitative estimate of drug-likeness (QED) is 0.915. The van der Waals surface area contributed by atoms with Crippen LogP contribution in [0.2, 0.25) is 0 Å². The van der Waals surface area contributed by atoms with Crippen LogP contribution in [-0.4, -0.2) is 50.1 Å². The molecule has 1 aliphatic heterocycles. The smallest absolute Gasteiger partial charge is 0.276 e. The molecule has 1 aliphatic rings. The third-order valence-electron chi connectivity index (χ3n) is 3.34. The van der Waals surface area contributed by atoms with Gasteiger partial charge in [-0.15, -0.1) is 16.4 Å². The number of aliphatic hydroxyl groups is 1. The van der Waals surface area contributed by atoms with E-state index in [4.69, 9.17) is 0 Å². The molecule has 0 aliphatic carbocycles. The predicted octanol–water partition coefficient (Wildman–Crippen LogP) is 0.985. The topological polar surface area (TPSA) is 71.2 Å². The highest BCUT2D eigenvalue weighted by Crippen LogP contribution is 2.13. The average Bonchev–Trinajstić information content (AvgIpc) is 3.10. The molecule has 2 aromatic heterocycles. The molecular weight excluding hydrogens is 276 g/mol. The van der Waals surface area contributed by atoms with Crippen LogP contribution >= 0.6 is 11.3 Å². The van der Waals surface area contributed by atoms with Gasteiger partial charge in [-0.1, -0.05) is 11.3 Å². The maximum Gasteiger partial charge on any atom is 0.276 e. The number of hydrogen-bond donors (Lipinski definition) is 1. The summed E-state index contributed by atoms with van der Waals surface area (Å²) in [7, 11) is 0. The summed E-state index contributed by atoms with van der Waals surface area (Å²) >= 11 is 1.65. The van der Waals surface area contributed by atoms with Gasteiger partial charge in [0.15, 0.2) is 5.69 Å². The van der Waals surface area contributed by atoms with Crippen molar-refractivity contribution in [3.63, 3.8) is 0 Å². The van der Waals surface area contributed by atoms with Gasteiger partial charge in [0.2, 0.25) is 0 Å². The molecule has 3 rings (SSSR count). The molecule has 7 heteroatoms. The fraction of sp³-hybridized carbons (Fsp3) is 0.462. The molecule has 1 unspecified atom stereocenters. The molecule has 1 atom stereocenters. The van der Waals surface area contributed by atoms with Crippen LogP contribution in [0.15, 0.2) is 23.7 Å². The van der Waals surface area contributed by atoms with E-state index in [-0.39, 0.29) is 5.91 Å². The first-order valence-corrected chi connectivity index (χ1v) is 7.50. The second kappa shape index (κ2) is 5.72. The number of piperidine rings is 1. The summed E-state index contributed by atoms with van der Waals surface area (Å²) < 4.78 is 1.67. The molecule has 1 N–H and O–H groups in total. The van der Waals surface area contributed by atoms with Gasteiger partial charge in [-0.3, -0.25) is 4.79 Å². The van der Waals surface area contributed by atoms with Crippen LogP contribution in [0.4, 0.5) is 0 Å². The van der Waals surface area contributed by atoms with E-state index in [1.54, 1.807) is 27.1 Å². The number of likely N-dealkylation sites (tertiary alicyclic amines) is 1. The molecule has 0 radical (unpaired) electrons. The normalized spacial score (nSPS) is 19.2. The molecule has 0 saturated carbocycles. The summed E-state index contributed by atoms with van der Waals surface area (Å²) in [6, 6.07) is 4.01. The third kappa shape index (κ3) is 2.88. The molecular formula is C13H16N4O2S. The van der Waals surface area contributed by atoms with Crippen molar-refractivity contribution in [2.24, 2.45) is 0 Å². The molecule has 2 aromatic rings. The minimum absolute atomic E-state index is 0.152. The number of carbonyl (C=O) groups is 1. The molecule has 0 spiro atoms. The number of amides is 1. The first kappa shape index (κ1) is 13.3. The van der Waals surface area contributed by atoms with Crippen molar-refractivity contribution in [3.8, 4) is 0 Å². The van der Waals surface area contributed by atoms with Gasteiger partial charge >= 0.3 is 0 Å². The molecule has 20 heavy (non-hydrogen) atoms. The van der Waals surface area contributed by atoms with Crippen molar-refractivity contribution < 1.29 is 9.90 Å². The van der Waals surface area contributed by atoms with E-state index in [1.807, 2.05) is 17.5 Å². The van der Waals surface area contributed by atoms with E-state index < -0.39 is 6.10 Å². The molecule has 0 aromatic carbocycles. The fourth-order valence-electron chi connectivity index (χ4n) is 2.34. The lowest BCUT2D eigenvalue weighted by molar-refractivity contribution is 0.0469. The van der Waals surface area contributed by atoms with Crippen molar-refractivity contribution in [2.75, 3.05) is 13.1 Å². The lowest BCUT2D eigenvalue weighted by Crippen LogP contribution is -2.42. The van der Waals surface area contributed by atoms with Gasteiger partial charge in [0.25, 0.3) is 5.91 Å². The maximum atomic E-state index is 12.3. The summed E-state index contributed by atoms with van der Waals surface area (Å²) in [5, 5.41) is 19.6. The maximum absolute atomic E-state index is 12.3. The van der Waals surface area contributed by atoms with Gasteiger partial charge in [0, 0.05) is 18.0 Å². The number of β-amino-alcohol motifs (C(OH)–C–C–N with tert-alkyl or cyclic N) is 1. The van der Waals surface area contributed by atoms with E-state index >= 15 is 0 Å². The number of aromatic nitrogens is 3. The van der Waals surface area contributed by atoms with Crippen molar-refractivity contribution in [1.29, 1.82) is 0 Å². The predicted molar refractivity (Wildman–Crippen MR) is 74.6 cm³/mol. The molecule has 106 valence electrons. The van der Waals surface area contributed by atoms with Gasteiger partial charge in [-0.25, -0.2) is 4.68 Å². The van der Waals surface area contributed by atoms with E-state index in [2.05, 4.69) is 10.3 Å². The van der Waals surface area contributed by atoms with Crippen molar-refractivity contribution >= 4 is 17.2 Å². The molecule has 1 fully saturated rings. The highest BCUT2D eigenvalue weighted by Gasteiger charge is 2.24. The Labute approximate surface area is 120 Å². The molecule has 0 bridgehead atoms. The van der Waals surface area contributed by atoms with Gasteiger partial charge in [-0.2, -0.15) is 0 Å². The zero-order valence-corrected chi connectivity index (χ0v) is 11.8. The summed E-state index contributed by atoms with van der Waals surface area (Å²) in [5.74, 6) is -0.152. The van der Waals surface area contributed by atoms with Crippen LogP contribution in [0.3, 0.4) is 0 Å². The van der Waals surface area contributed by atoms with Gasteiger partial charge in [-0.05, 0) is 24.3 Å². The minimum atomic E-state index is -0.422. The Bertz CT molecular complexity index is 581. The number of carbonyl (C=O) groups excluding carboxylic acids is 1. The van der Waals surface area contributed by atoms with Crippen LogP contribution < -0.4 is 0 Å². The van der Waals surface area contributed by atoms with E-state index in [0.29, 0.717) is 25.3 Å². The summed E-state index contributed by atoms with van der Waals surface area (Å²) in [5.41, 5.74) is 0.343. The van der Waals surface area contributed by atoms with Crippen LogP contribution in [-0.2, 0) is 6.54 Å². The summed E-state index contributed by atoms with van der Waals surface area (Å²) in [6.07, 6.45) is 2.84. The average molecular weight is 292 g/mol. The summed E-state index contributed by atoms with van der Waals surface area (Å²) in [4.78, 5) is 15.1. The number of rotatable bonds is 3. The molecule has 1 saturated heterocycles. The van der Waals surface area contributed by atoms with Crippen molar-refractivity contribution in [1.82, 2.24) is 19.9 Å². The van der Waals surface area contributed by atoms with Crippen LogP contribution in [0.1, 0.15) is 28.2 Å². The van der Waals surface area contributed by atoms with Crippen LogP contribution in [0.25, 0.3) is 0 Å². The third-order valence-corrected chi connectivity index (χ3v) is 4.20. The highest BCUT2D eigenvalue weighted by molar-refractivity contribution is 7.09. The standard InChI is InChI=1S/C13H16N4O2S/c18-10-3-1-5-16(7-10)13(19)12-9-17(15-14-12)8-11-4-2-6-20-11/h2,4,6,9-10,18H,1,3,5,7-8H2. The van der Waals surface area contributed by atoms with E-state index in [9.17, 15) is 9.90 Å². The number of thiophene rings is 1. The van der Waals surface area contributed by atoms with E-state index in [0.717, 1.165) is 12.8 Å².